The van der Waals surface area contributed by atoms with E-state index in [1.165, 1.54) is 12.1 Å². The Morgan fingerprint density at radius 2 is 2.00 bits per heavy atom. The maximum Gasteiger partial charge on any atom is 0.282 e. The minimum Gasteiger partial charge on any atom is -0.352 e. The Kier molecular flexibility index (Phi) is 6.63. The van der Waals surface area contributed by atoms with Crippen LogP contribution in [0.2, 0.25) is 0 Å². The Hall–Kier alpha value is -1.18. The Labute approximate surface area is 119 Å². The third-order valence-electron chi connectivity index (χ3n) is 2.44. The molecule has 18 heavy (non-hydrogen) atoms. The first-order valence-corrected chi connectivity index (χ1v) is 7.27. The van der Waals surface area contributed by atoms with E-state index in [1.807, 2.05) is 0 Å². The average molecular weight is 362 g/mol. The first-order valence-electron chi connectivity index (χ1n) is 5.74. The number of nitrogens with zero attached hydrogens (tertiary/aromatic N) is 1. The number of carbonyl (C=O) groups is 1. The molecule has 0 saturated heterocycles. The van der Waals surface area contributed by atoms with Crippen LogP contribution in [0.1, 0.15) is 29.6 Å². The number of hydrogen-bond acceptors (Lipinski definition) is 3. The minimum absolute atomic E-state index is 0.122. The molecular formula is C12H15IN2O3. The lowest BCUT2D eigenvalue weighted by Gasteiger charge is -2.05. The van der Waals surface area contributed by atoms with Crippen molar-refractivity contribution in [1.82, 2.24) is 5.32 Å². The fraction of sp³-hybridized carbons (Fsp3) is 0.417. The summed E-state index contributed by atoms with van der Waals surface area (Å²) in [6, 6.07) is 5.98. The van der Waals surface area contributed by atoms with Gasteiger partial charge in [0.05, 0.1) is 4.92 Å². The van der Waals surface area contributed by atoms with Crippen LogP contribution in [-0.2, 0) is 0 Å². The zero-order chi connectivity index (χ0) is 13.4. The summed E-state index contributed by atoms with van der Waals surface area (Å²) in [5.74, 6) is -0.378. The van der Waals surface area contributed by atoms with Crippen LogP contribution < -0.4 is 5.32 Å². The number of carbonyl (C=O) groups excluding carboxylic acids is 1. The number of alkyl halides is 1. The summed E-state index contributed by atoms with van der Waals surface area (Å²) >= 11 is 2.31. The second kappa shape index (κ2) is 8.02. The summed E-state index contributed by atoms with van der Waals surface area (Å²) in [7, 11) is 0. The van der Waals surface area contributed by atoms with Crippen LogP contribution in [-0.4, -0.2) is 21.8 Å². The van der Waals surface area contributed by atoms with Gasteiger partial charge in [0.25, 0.3) is 11.6 Å². The molecule has 0 atom stereocenters. The van der Waals surface area contributed by atoms with Crippen LogP contribution in [0, 0.1) is 10.1 Å². The summed E-state index contributed by atoms with van der Waals surface area (Å²) in [5.41, 5.74) is -0.0290. The summed E-state index contributed by atoms with van der Waals surface area (Å²) in [6.07, 6.45) is 3.08. The van der Waals surface area contributed by atoms with E-state index in [1.54, 1.807) is 12.1 Å². The second-order valence-corrected chi connectivity index (χ2v) is 4.86. The quantitative estimate of drug-likeness (QED) is 0.267. The van der Waals surface area contributed by atoms with Crippen LogP contribution in [0.4, 0.5) is 5.69 Å². The van der Waals surface area contributed by atoms with E-state index < -0.39 is 4.92 Å². The summed E-state index contributed by atoms with van der Waals surface area (Å²) in [4.78, 5) is 22.0. The molecule has 0 aromatic heterocycles. The van der Waals surface area contributed by atoms with E-state index in [0.717, 1.165) is 23.7 Å². The van der Waals surface area contributed by atoms with Gasteiger partial charge in [0.2, 0.25) is 0 Å². The number of rotatable bonds is 7. The Bertz CT molecular complexity index is 424. The van der Waals surface area contributed by atoms with Gasteiger partial charge in [0.15, 0.2) is 0 Å². The van der Waals surface area contributed by atoms with Gasteiger partial charge in [-0.15, -0.1) is 0 Å². The highest BCUT2D eigenvalue weighted by Gasteiger charge is 2.18. The lowest BCUT2D eigenvalue weighted by Crippen LogP contribution is -2.25. The van der Waals surface area contributed by atoms with E-state index in [9.17, 15) is 14.9 Å². The van der Waals surface area contributed by atoms with Crippen molar-refractivity contribution in [2.45, 2.75) is 19.3 Å². The monoisotopic (exact) mass is 362 g/mol. The highest BCUT2D eigenvalue weighted by molar-refractivity contribution is 14.1. The number of unbranched alkanes of at least 4 members (excludes halogenated alkanes) is 2. The highest BCUT2D eigenvalue weighted by atomic mass is 127. The molecule has 1 rings (SSSR count). The maximum absolute atomic E-state index is 11.8. The van der Waals surface area contributed by atoms with E-state index in [0.29, 0.717) is 6.54 Å². The minimum atomic E-state index is -0.537. The Morgan fingerprint density at radius 3 is 2.67 bits per heavy atom. The second-order valence-electron chi connectivity index (χ2n) is 3.78. The maximum atomic E-state index is 11.8. The van der Waals surface area contributed by atoms with Gasteiger partial charge in [-0.25, -0.2) is 0 Å². The molecule has 0 bridgehead atoms. The average Bonchev–Trinajstić information content (AvgIpc) is 2.38. The summed E-state index contributed by atoms with van der Waals surface area (Å²) < 4.78 is 1.11. The predicted octanol–water partition coefficient (Wildman–Crippen LogP) is 2.93. The zero-order valence-corrected chi connectivity index (χ0v) is 12.1. The largest absolute Gasteiger partial charge is 0.352 e. The van der Waals surface area contributed by atoms with Crippen molar-refractivity contribution in [3.63, 3.8) is 0 Å². The Morgan fingerprint density at radius 1 is 1.28 bits per heavy atom. The molecule has 5 nitrogen and oxygen atoms in total. The van der Waals surface area contributed by atoms with E-state index in [2.05, 4.69) is 27.9 Å². The molecule has 0 fully saturated rings. The number of benzene rings is 1. The van der Waals surface area contributed by atoms with Gasteiger partial charge in [-0.1, -0.05) is 41.1 Å². The van der Waals surface area contributed by atoms with E-state index >= 15 is 0 Å². The van der Waals surface area contributed by atoms with Crippen molar-refractivity contribution in [3.05, 3.63) is 39.9 Å². The van der Waals surface area contributed by atoms with Gasteiger partial charge in [-0.3, -0.25) is 14.9 Å². The van der Waals surface area contributed by atoms with Gasteiger partial charge in [-0.2, -0.15) is 0 Å². The molecule has 0 spiro atoms. The number of para-hydroxylation sites is 1. The predicted molar refractivity (Wildman–Crippen MR) is 78.2 cm³/mol. The molecule has 0 aliphatic heterocycles. The van der Waals surface area contributed by atoms with E-state index in [-0.39, 0.29) is 17.2 Å². The highest BCUT2D eigenvalue weighted by Crippen LogP contribution is 2.17. The number of amides is 1. The molecule has 0 aliphatic rings. The van der Waals surface area contributed by atoms with Crippen LogP contribution in [0.15, 0.2) is 24.3 Å². The van der Waals surface area contributed by atoms with Crippen LogP contribution >= 0.6 is 22.6 Å². The van der Waals surface area contributed by atoms with Gasteiger partial charge >= 0.3 is 0 Å². The third kappa shape index (κ3) is 4.59. The lowest BCUT2D eigenvalue weighted by atomic mass is 10.1. The molecule has 98 valence electrons. The van der Waals surface area contributed by atoms with E-state index in [4.69, 9.17) is 0 Å². The Balaban J connectivity index is 2.54. The molecule has 0 unspecified atom stereocenters. The number of nitro benzene ring substituents is 1. The fourth-order valence-electron chi connectivity index (χ4n) is 1.52. The number of nitro groups is 1. The molecule has 1 aromatic carbocycles. The van der Waals surface area contributed by atoms with Crippen molar-refractivity contribution in [3.8, 4) is 0 Å². The molecular weight excluding hydrogens is 347 g/mol. The van der Waals surface area contributed by atoms with Crippen LogP contribution in [0.25, 0.3) is 0 Å². The lowest BCUT2D eigenvalue weighted by molar-refractivity contribution is -0.385. The standard InChI is InChI=1S/C12H15IN2O3/c13-8-4-1-5-9-14-12(16)10-6-2-3-7-11(10)15(17)18/h2-3,6-7H,1,4-5,8-9H2,(H,14,16). The topological polar surface area (TPSA) is 72.2 Å². The van der Waals surface area contributed by atoms with Gasteiger partial charge < -0.3 is 5.32 Å². The van der Waals surface area contributed by atoms with Gasteiger partial charge in [-0.05, 0) is 23.3 Å². The van der Waals surface area contributed by atoms with Crippen molar-refractivity contribution in [2.75, 3.05) is 11.0 Å². The first-order chi connectivity index (χ1) is 8.66. The molecule has 1 N–H and O–H groups in total. The van der Waals surface area contributed by atoms with Gasteiger partial charge in [0.1, 0.15) is 5.56 Å². The zero-order valence-electron chi connectivity index (χ0n) is 9.89. The number of nitrogens with one attached hydrogen (secondary N) is 1. The van der Waals surface area contributed by atoms with Crippen molar-refractivity contribution < 1.29 is 9.72 Å². The molecule has 6 heteroatoms. The third-order valence-corrected chi connectivity index (χ3v) is 3.20. The molecule has 1 aromatic rings. The van der Waals surface area contributed by atoms with Gasteiger partial charge in [0, 0.05) is 12.6 Å². The summed E-state index contributed by atoms with van der Waals surface area (Å²) in [6.45, 7) is 0.557. The molecule has 0 heterocycles. The molecule has 0 aliphatic carbocycles. The fourth-order valence-corrected chi connectivity index (χ4v) is 2.06. The van der Waals surface area contributed by atoms with Crippen LogP contribution in [0.5, 0.6) is 0 Å². The van der Waals surface area contributed by atoms with Crippen molar-refractivity contribution >= 4 is 34.2 Å². The molecule has 0 saturated carbocycles. The van der Waals surface area contributed by atoms with Crippen molar-refractivity contribution in [1.29, 1.82) is 0 Å². The number of halogens is 1. The van der Waals surface area contributed by atoms with Crippen LogP contribution in [0.3, 0.4) is 0 Å². The van der Waals surface area contributed by atoms with Crippen molar-refractivity contribution in [2.24, 2.45) is 0 Å². The molecule has 1 amide bonds. The summed E-state index contributed by atoms with van der Waals surface area (Å²) in [5, 5.41) is 13.5. The molecule has 0 radical (unpaired) electrons. The smallest absolute Gasteiger partial charge is 0.282 e. The first kappa shape index (κ1) is 14.9. The number of hydrogen-bond donors (Lipinski definition) is 1. The normalized spacial score (nSPS) is 10.1. The SMILES string of the molecule is O=C(NCCCCCI)c1ccccc1[N+](=O)[O-].